The summed E-state index contributed by atoms with van der Waals surface area (Å²) >= 11 is 1.24. The van der Waals surface area contributed by atoms with E-state index < -0.39 is 0 Å². The first-order valence-electron chi connectivity index (χ1n) is 10.4. The van der Waals surface area contributed by atoms with Gasteiger partial charge in [-0.2, -0.15) is 0 Å². The van der Waals surface area contributed by atoms with E-state index in [4.69, 9.17) is 9.15 Å². The summed E-state index contributed by atoms with van der Waals surface area (Å²) < 4.78 is 13.5. The van der Waals surface area contributed by atoms with Crippen molar-refractivity contribution < 1.29 is 13.9 Å². The molecule has 6 nitrogen and oxygen atoms in total. The van der Waals surface area contributed by atoms with E-state index in [9.17, 15) is 4.79 Å². The summed E-state index contributed by atoms with van der Waals surface area (Å²) in [6.07, 6.45) is 0. The van der Waals surface area contributed by atoms with Crippen LogP contribution < -0.4 is 4.74 Å². The Labute approximate surface area is 191 Å². The summed E-state index contributed by atoms with van der Waals surface area (Å²) in [6, 6.07) is 19.9. The number of hydrogen-bond acceptors (Lipinski definition) is 6. The lowest BCUT2D eigenvalue weighted by Crippen LogP contribution is -2.07. The van der Waals surface area contributed by atoms with E-state index in [1.54, 1.807) is 0 Å². The van der Waals surface area contributed by atoms with Crippen LogP contribution in [-0.2, 0) is 13.2 Å². The number of rotatable bonds is 9. The maximum atomic E-state index is 12.9. The molecule has 0 bridgehead atoms. The lowest BCUT2D eigenvalue weighted by molar-refractivity contribution is 0.102. The van der Waals surface area contributed by atoms with Gasteiger partial charge in [-0.15, -0.1) is 10.2 Å². The van der Waals surface area contributed by atoms with Gasteiger partial charge in [-0.25, -0.2) is 0 Å². The van der Waals surface area contributed by atoms with E-state index in [0.717, 1.165) is 34.8 Å². The predicted molar refractivity (Wildman–Crippen MR) is 124 cm³/mol. The fraction of sp³-hybridized carbons (Fsp3) is 0.240. The molecule has 0 fully saturated rings. The monoisotopic (exact) mass is 447 g/mol. The van der Waals surface area contributed by atoms with Gasteiger partial charge in [-0.05, 0) is 50.1 Å². The molecule has 4 rings (SSSR count). The molecular weight excluding hydrogens is 422 g/mol. The number of aryl methyl sites for hydroxylation is 2. The van der Waals surface area contributed by atoms with Crippen LogP contribution in [0, 0.1) is 20.8 Å². The van der Waals surface area contributed by atoms with Gasteiger partial charge in [-0.3, -0.25) is 4.79 Å². The highest BCUT2D eigenvalue weighted by Gasteiger charge is 2.18. The number of nitrogens with zero attached hydrogens (tertiary/aromatic N) is 3. The molecule has 0 radical (unpaired) electrons. The molecule has 0 atom stereocenters. The van der Waals surface area contributed by atoms with Crippen molar-refractivity contribution in [3.05, 3.63) is 94.6 Å². The fourth-order valence-electron chi connectivity index (χ4n) is 3.50. The zero-order chi connectivity index (χ0) is 22.5. The Morgan fingerprint density at radius 2 is 1.84 bits per heavy atom. The van der Waals surface area contributed by atoms with Gasteiger partial charge >= 0.3 is 0 Å². The third-order valence-corrected chi connectivity index (χ3v) is 6.00. The summed E-state index contributed by atoms with van der Waals surface area (Å²) in [7, 11) is 0. The van der Waals surface area contributed by atoms with Crippen LogP contribution in [0.15, 0.2) is 70.3 Å². The molecule has 164 valence electrons. The zero-order valence-electron chi connectivity index (χ0n) is 18.4. The number of benzene rings is 2. The smallest absolute Gasteiger partial charge is 0.277 e. The quantitative estimate of drug-likeness (QED) is 0.253. The average molecular weight is 448 g/mol. The minimum Gasteiger partial charge on any atom is -0.484 e. The van der Waals surface area contributed by atoms with Gasteiger partial charge in [-0.1, -0.05) is 54.2 Å². The average Bonchev–Trinajstić information content (AvgIpc) is 3.36. The zero-order valence-corrected chi connectivity index (χ0v) is 19.2. The van der Waals surface area contributed by atoms with Gasteiger partial charge in [0.2, 0.25) is 0 Å². The van der Waals surface area contributed by atoms with Gasteiger partial charge in [0.05, 0.1) is 5.75 Å². The third kappa shape index (κ3) is 5.29. The van der Waals surface area contributed by atoms with Crippen LogP contribution in [0.1, 0.15) is 38.8 Å². The topological polar surface area (TPSA) is 70.2 Å². The summed E-state index contributed by atoms with van der Waals surface area (Å²) in [5.74, 6) is 1.40. The molecule has 0 aliphatic carbocycles. The Balaban J connectivity index is 1.34. The molecule has 2 aromatic carbocycles. The summed E-state index contributed by atoms with van der Waals surface area (Å²) in [4.78, 5) is 12.9. The molecular formula is C25H25N3O3S. The fourth-order valence-corrected chi connectivity index (χ4v) is 4.17. The first-order chi connectivity index (χ1) is 15.5. The molecule has 0 N–H and O–H groups in total. The predicted octanol–water partition coefficient (Wildman–Crippen LogP) is 5.40. The number of hydrogen-bond donors (Lipinski definition) is 0. The van der Waals surface area contributed by atoms with E-state index in [0.29, 0.717) is 11.1 Å². The Kier molecular flexibility index (Phi) is 6.75. The van der Waals surface area contributed by atoms with Crippen molar-refractivity contribution in [2.45, 2.75) is 39.1 Å². The maximum Gasteiger partial charge on any atom is 0.277 e. The van der Waals surface area contributed by atoms with Crippen LogP contribution in [0.4, 0.5) is 0 Å². The molecule has 4 aromatic rings. The molecule has 2 aromatic heterocycles. The highest BCUT2D eigenvalue weighted by molar-refractivity contribution is 7.99. The highest BCUT2D eigenvalue weighted by atomic mass is 32.2. The summed E-state index contributed by atoms with van der Waals surface area (Å²) in [5.41, 5.74) is 5.08. The summed E-state index contributed by atoms with van der Waals surface area (Å²) in [5, 5.41) is 8.39. The molecule has 0 saturated heterocycles. The van der Waals surface area contributed by atoms with Gasteiger partial charge in [0.15, 0.2) is 12.4 Å². The minimum absolute atomic E-state index is 0.0400. The maximum absolute atomic E-state index is 12.9. The molecule has 2 heterocycles. The minimum atomic E-state index is 0.0400. The van der Waals surface area contributed by atoms with Crippen LogP contribution in [0.2, 0.25) is 0 Å². The van der Waals surface area contributed by atoms with Crippen molar-refractivity contribution in [2.24, 2.45) is 0 Å². The van der Waals surface area contributed by atoms with Gasteiger partial charge in [0, 0.05) is 23.5 Å². The number of carbonyl (C=O) groups is 1. The van der Waals surface area contributed by atoms with Crippen molar-refractivity contribution in [3.8, 4) is 5.75 Å². The largest absolute Gasteiger partial charge is 0.484 e. The number of carbonyl (C=O) groups excluding carboxylic acids is 1. The van der Waals surface area contributed by atoms with E-state index >= 15 is 0 Å². The normalized spacial score (nSPS) is 11.0. The second-order valence-electron chi connectivity index (χ2n) is 7.64. The molecule has 0 aliphatic heterocycles. The van der Waals surface area contributed by atoms with Crippen LogP contribution in [0.25, 0.3) is 0 Å². The number of ketones is 1. The van der Waals surface area contributed by atoms with E-state index in [1.807, 2.05) is 69.3 Å². The van der Waals surface area contributed by atoms with Crippen molar-refractivity contribution in [1.29, 1.82) is 0 Å². The van der Waals surface area contributed by atoms with Crippen molar-refractivity contribution >= 4 is 17.5 Å². The first kappa shape index (κ1) is 21.9. The Morgan fingerprint density at radius 1 is 1.03 bits per heavy atom. The van der Waals surface area contributed by atoms with Gasteiger partial charge in [0.25, 0.3) is 11.1 Å². The van der Waals surface area contributed by atoms with Crippen LogP contribution >= 0.6 is 11.8 Å². The summed E-state index contributed by atoms with van der Waals surface area (Å²) in [6.45, 7) is 6.95. The van der Waals surface area contributed by atoms with Crippen molar-refractivity contribution in [3.63, 3.8) is 0 Å². The third-order valence-electron chi connectivity index (χ3n) is 5.18. The second kappa shape index (κ2) is 9.87. The Bertz CT molecular complexity index is 1210. The molecule has 0 amide bonds. The van der Waals surface area contributed by atoms with Crippen LogP contribution in [0.5, 0.6) is 5.75 Å². The molecule has 0 saturated carbocycles. The lowest BCUT2D eigenvalue weighted by atomic mass is 10.2. The van der Waals surface area contributed by atoms with E-state index in [1.165, 1.54) is 17.3 Å². The number of thioether (sulfide) groups is 1. The SMILES string of the molecule is Cc1cccc(OCc2nnc(SCC(=O)c3cc(C)n(Cc4ccccc4)c3C)o2)c1. The standard InChI is InChI=1S/C25H25N3O3S/c1-17-8-7-11-21(12-17)30-15-24-26-27-25(31-24)32-16-23(29)22-13-18(2)28(19(22)3)14-20-9-5-4-6-10-20/h4-13H,14-16H2,1-3H3. The lowest BCUT2D eigenvalue weighted by Gasteiger charge is -2.09. The number of Topliss-reactive ketones (excluding diaryl/α,β-unsaturated/α-hetero) is 1. The number of aromatic nitrogens is 3. The molecule has 32 heavy (non-hydrogen) atoms. The Hall–Kier alpha value is -3.32. The molecule has 7 heteroatoms. The van der Waals surface area contributed by atoms with Crippen LogP contribution in [-0.4, -0.2) is 26.3 Å². The first-order valence-corrected chi connectivity index (χ1v) is 11.4. The van der Waals surface area contributed by atoms with Gasteiger partial charge < -0.3 is 13.7 Å². The van der Waals surface area contributed by atoms with Crippen molar-refractivity contribution in [2.75, 3.05) is 5.75 Å². The second-order valence-corrected chi connectivity index (χ2v) is 8.56. The molecule has 0 unspecified atom stereocenters. The van der Waals surface area contributed by atoms with E-state index in [2.05, 4.69) is 26.9 Å². The highest BCUT2D eigenvalue weighted by Crippen LogP contribution is 2.23. The van der Waals surface area contributed by atoms with Crippen molar-refractivity contribution in [1.82, 2.24) is 14.8 Å². The molecule has 0 aliphatic rings. The van der Waals surface area contributed by atoms with E-state index in [-0.39, 0.29) is 18.1 Å². The van der Waals surface area contributed by atoms with Gasteiger partial charge in [0.1, 0.15) is 5.75 Å². The molecule has 0 spiro atoms. The van der Waals surface area contributed by atoms with Crippen LogP contribution in [0.3, 0.4) is 0 Å². The number of ether oxygens (including phenoxy) is 1. The Morgan fingerprint density at radius 3 is 2.62 bits per heavy atom.